The van der Waals surface area contributed by atoms with Gasteiger partial charge in [-0.3, -0.25) is 0 Å². The monoisotopic (exact) mass is 218 g/mol. The Hall–Kier alpha value is -2.17. The van der Waals surface area contributed by atoms with Gasteiger partial charge in [0.05, 0.1) is 0 Å². The van der Waals surface area contributed by atoms with Crippen molar-refractivity contribution < 1.29 is 14.4 Å². The third-order valence-corrected chi connectivity index (χ3v) is 2.37. The summed E-state index contributed by atoms with van der Waals surface area (Å²) in [5, 5.41) is 12.0. The largest absolute Gasteiger partial charge is 0.475 e. The van der Waals surface area contributed by atoms with Gasteiger partial charge < -0.3 is 9.63 Å². The van der Waals surface area contributed by atoms with Gasteiger partial charge in [0.15, 0.2) is 0 Å². The molecule has 2 rings (SSSR count). The van der Waals surface area contributed by atoms with Gasteiger partial charge in [-0.05, 0) is 42.3 Å². The van der Waals surface area contributed by atoms with Crippen LogP contribution in [0.25, 0.3) is 11.5 Å². The van der Waals surface area contributed by atoms with Crippen molar-refractivity contribution in [2.75, 3.05) is 0 Å². The third kappa shape index (κ3) is 1.79. The topological polar surface area (TPSA) is 76.2 Å². The van der Waals surface area contributed by atoms with E-state index >= 15 is 0 Å². The van der Waals surface area contributed by atoms with Crippen LogP contribution in [0, 0.1) is 13.8 Å². The van der Waals surface area contributed by atoms with Crippen LogP contribution in [0.15, 0.2) is 22.7 Å². The summed E-state index contributed by atoms with van der Waals surface area (Å²) in [6, 6.07) is 5.63. The first-order valence-corrected chi connectivity index (χ1v) is 4.72. The smallest absolute Gasteiger partial charge is 0.377 e. The highest BCUT2D eigenvalue weighted by Gasteiger charge is 2.14. The fourth-order valence-electron chi connectivity index (χ4n) is 1.30. The molecule has 0 bridgehead atoms. The maximum atomic E-state index is 10.6. The number of carboxylic acids is 1. The molecule has 0 saturated heterocycles. The van der Waals surface area contributed by atoms with Crippen LogP contribution in [0.5, 0.6) is 0 Å². The first-order chi connectivity index (χ1) is 7.58. The van der Waals surface area contributed by atoms with E-state index in [9.17, 15) is 4.79 Å². The zero-order valence-corrected chi connectivity index (χ0v) is 8.89. The van der Waals surface area contributed by atoms with Crippen LogP contribution in [-0.4, -0.2) is 21.2 Å². The van der Waals surface area contributed by atoms with Gasteiger partial charge in [-0.15, -0.1) is 0 Å². The van der Waals surface area contributed by atoms with E-state index in [1.54, 1.807) is 0 Å². The quantitative estimate of drug-likeness (QED) is 0.834. The molecule has 5 heteroatoms. The van der Waals surface area contributed by atoms with E-state index in [4.69, 9.17) is 9.63 Å². The molecule has 1 heterocycles. The molecule has 2 aromatic rings. The first kappa shape index (κ1) is 10.4. The fraction of sp³-hybridized carbons (Fsp3) is 0.182. The summed E-state index contributed by atoms with van der Waals surface area (Å²) < 4.78 is 4.86. The summed E-state index contributed by atoms with van der Waals surface area (Å²) in [5.41, 5.74) is 2.97. The second-order valence-electron chi connectivity index (χ2n) is 3.53. The lowest BCUT2D eigenvalue weighted by Crippen LogP contribution is -1.98. The zero-order chi connectivity index (χ0) is 11.7. The molecule has 0 saturated carbocycles. The van der Waals surface area contributed by atoms with Crippen LogP contribution < -0.4 is 0 Å². The minimum absolute atomic E-state index is 0.223. The van der Waals surface area contributed by atoms with Gasteiger partial charge in [-0.1, -0.05) is 6.07 Å². The number of hydrogen-bond acceptors (Lipinski definition) is 4. The van der Waals surface area contributed by atoms with Crippen molar-refractivity contribution in [3.8, 4) is 11.5 Å². The van der Waals surface area contributed by atoms with E-state index in [1.807, 2.05) is 32.0 Å². The summed E-state index contributed by atoms with van der Waals surface area (Å²) >= 11 is 0. The number of nitrogens with zero attached hydrogens (tertiary/aromatic N) is 2. The average Bonchev–Trinajstić information content (AvgIpc) is 2.71. The Morgan fingerprint density at radius 1 is 1.31 bits per heavy atom. The van der Waals surface area contributed by atoms with Gasteiger partial charge in [0.1, 0.15) is 0 Å². The molecule has 1 N–H and O–H groups in total. The highest BCUT2D eigenvalue weighted by atomic mass is 16.5. The number of carboxylic acid groups (broad SMARTS) is 1. The van der Waals surface area contributed by atoms with Crippen LogP contribution in [0.1, 0.15) is 21.7 Å². The first-order valence-electron chi connectivity index (χ1n) is 4.72. The molecule has 0 radical (unpaired) electrons. The molecular formula is C11H10N2O3. The minimum Gasteiger partial charge on any atom is -0.475 e. The minimum atomic E-state index is -1.20. The van der Waals surface area contributed by atoms with Crippen molar-refractivity contribution in [3.63, 3.8) is 0 Å². The van der Waals surface area contributed by atoms with Crippen LogP contribution >= 0.6 is 0 Å². The van der Waals surface area contributed by atoms with E-state index in [0.717, 1.165) is 16.7 Å². The summed E-state index contributed by atoms with van der Waals surface area (Å²) in [6.45, 7) is 3.96. The third-order valence-electron chi connectivity index (χ3n) is 2.37. The summed E-state index contributed by atoms with van der Waals surface area (Å²) in [4.78, 5) is 14.4. The molecule has 16 heavy (non-hydrogen) atoms. The number of aryl methyl sites for hydroxylation is 2. The lowest BCUT2D eigenvalue weighted by molar-refractivity contribution is 0.0680. The van der Waals surface area contributed by atoms with Gasteiger partial charge >= 0.3 is 5.97 Å². The standard InChI is InChI=1S/C11H10N2O3/c1-6-3-4-8(5-7(6)2)10-12-9(11(14)15)13-16-10/h3-5H,1-2H3,(H,14,15). The zero-order valence-electron chi connectivity index (χ0n) is 8.89. The second-order valence-corrected chi connectivity index (χ2v) is 3.53. The fourth-order valence-corrected chi connectivity index (χ4v) is 1.30. The van der Waals surface area contributed by atoms with Gasteiger partial charge in [-0.25, -0.2) is 4.79 Å². The van der Waals surface area contributed by atoms with Crippen molar-refractivity contribution in [2.45, 2.75) is 13.8 Å². The van der Waals surface area contributed by atoms with Gasteiger partial charge in [0.25, 0.3) is 11.7 Å². The number of rotatable bonds is 2. The predicted octanol–water partition coefficient (Wildman–Crippen LogP) is 2.05. The Balaban J connectivity index is 2.42. The van der Waals surface area contributed by atoms with Crippen LogP contribution in [0.4, 0.5) is 0 Å². The van der Waals surface area contributed by atoms with Gasteiger partial charge in [-0.2, -0.15) is 4.98 Å². The highest BCUT2D eigenvalue weighted by Crippen LogP contribution is 2.20. The summed E-state index contributed by atoms with van der Waals surface area (Å²) in [6.07, 6.45) is 0. The molecule has 5 nitrogen and oxygen atoms in total. The predicted molar refractivity (Wildman–Crippen MR) is 56.2 cm³/mol. The van der Waals surface area contributed by atoms with Crippen molar-refractivity contribution in [1.82, 2.24) is 10.1 Å². The lowest BCUT2D eigenvalue weighted by Gasteiger charge is -2.00. The molecule has 0 aliphatic rings. The Morgan fingerprint density at radius 2 is 2.06 bits per heavy atom. The normalized spacial score (nSPS) is 10.4. The molecule has 0 aliphatic heterocycles. The van der Waals surface area contributed by atoms with Crippen LogP contribution in [0.2, 0.25) is 0 Å². The molecular weight excluding hydrogens is 208 g/mol. The van der Waals surface area contributed by atoms with Crippen molar-refractivity contribution in [1.29, 1.82) is 0 Å². The Bertz CT molecular complexity index is 546. The van der Waals surface area contributed by atoms with Crippen molar-refractivity contribution in [2.24, 2.45) is 0 Å². The maximum absolute atomic E-state index is 10.6. The number of benzene rings is 1. The van der Waals surface area contributed by atoms with E-state index in [-0.39, 0.29) is 11.7 Å². The van der Waals surface area contributed by atoms with E-state index in [1.165, 1.54) is 0 Å². The van der Waals surface area contributed by atoms with Crippen molar-refractivity contribution >= 4 is 5.97 Å². The van der Waals surface area contributed by atoms with E-state index in [0.29, 0.717) is 0 Å². The average molecular weight is 218 g/mol. The van der Waals surface area contributed by atoms with E-state index in [2.05, 4.69) is 10.1 Å². The second kappa shape index (κ2) is 3.77. The van der Waals surface area contributed by atoms with Crippen LogP contribution in [0.3, 0.4) is 0 Å². The summed E-state index contributed by atoms with van der Waals surface area (Å²) in [7, 11) is 0. The Labute approximate surface area is 91.7 Å². The number of aromatic carboxylic acids is 1. The molecule has 1 aromatic carbocycles. The summed E-state index contributed by atoms with van der Waals surface area (Å²) in [5.74, 6) is -1.30. The Morgan fingerprint density at radius 3 is 2.62 bits per heavy atom. The van der Waals surface area contributed by atoms with Gasteiger partial charge in [0.2, 0.25) is 0 Å². The van der Waals surface area contributed by atoms with Crippen LogP contribution in [-0.2, 0) is 0 Å². The SMILES string of the molecule is Cc1ccc(-c2nc(C(=O)O)no2)cc1C. The number of carbonyl (C=O) groups is 1. The lowest BCUT2D eigenvalue weighted by atomic mass is 10.1. The maximum Gasteiger partial charge on any atom is 0.377 e. The number of hydrogen-bond donors (Lipinski definition) is 1. The molecule has 0 unspecified atom stereocenters. The number of aromatic nitrogens is 2. The van der Waals surface area contributed by atoms with Crippen molar-refractivity contribution in [3.05, 3.63) is 35.2 Å². The highest BCUT2D eigenvalue weighted by molar-refractivity contribution is 5.83. The molecule has 0 fully saturated rings. The molecule has 0 atom stereocenters. The van der Waals surface area contributed by atoms with Gasteiger partial charge in [0, 0.05) is 5.56 Å². The van der Waals surface area contributed by atoms with E-state index < -0.39 is 5.97 Å². The molecule has 0 spiro atoms. The molecule has 1 aromatic heterocycles. The molecule has 82 valence electrons. The Kier molecular flexibility index (Phi) is 2.44. The molecule has 0 amide bonds. The molecule has 0 aliphatic carbocycles.